The summed E-state index contributed by atoms with van der Waals surface area (Å²) >= 11 is 3.56. The summed E-state index contributed by atoms with van der Waals surface area (Å²) in [7, 11) is 0. The van der Waals surface area contributed by atoms with E-state index in [4.69, 9.17) is 0 Å². The molecule has 82 valence electrons. The third-order valence-electron chi connectivity index (χ3n) is 3.12. The number of halogens is 1. The van der Waals surface area contributed by atoms with Gasteiger partial charge in [-0.05, 0) is 53.7 Å². The van der Waals surface area contributed by atoms with Gasteiger partial charge >= 0.3 is 0 Å². The highest BCUT2D eigenvalue weighted by Gasteiger charge is 2.21. The first-order valence-corrected chi connectivity index (χ1v) is 6.46. The van der Waals surface area contributed by atoms with Gasteiger partial charge in [-0.3, -0.25) is 0 Å². The zero-order valence-electron chi connectivity index (χ0n) is 9.12. The van der Waals surface area contributed by atoms with Crippen LogP contribution in [0.25, 0.3) is 0 Å². The SMILES string of the molecule is CCN(CC1CCC1)c1ncccc1Br. The van der Waals surface area contributed by atoms with Gasteiger partial charge in [-0.1, -0.05) is 6.42 Å². The molecular weight excluding hydrogens is 252 g/mol. The van der Waals surface area contributed by atoms with Gasteiger partial charge in [0.1, 0.15) is 5.82 Å². The molecular formula is C12H17BrN2. The number of anilines is 1. The van der Waals surface area contributed by atoms with Crippen LogP contribution in [0.2, 0.25) is 0 Å². The molecule has 1 saturated carbocycles. The Morgan fingerprint density at radius 3 is 2.87 bits per heavy atom. The lowest BCUT2D eigenvalue weighted by molar-refractivity contribution is 0.318. The minimum Gasteiger partial charge on any atom is -0.356 e. The average Bonchev–Trinajstić information content (AvgIpc) is 2.19. The largest absolute Gasteiger partial charge is 0.356 e. The molecule has 2 rings (SSSR count). The van der Waals surface area contributed by atoms with Crippen molar-refractivity contribution >= 4 is 21.7 Å². The van der Waals surface area contributed by atoms with E-state index in [1.807, 2.05) is 12.3 Å². The van der Waals surface area contributed by atoms with Gasteiger partial charge in [0.25, 0.3) is 0 Å². The summed E-state index contributed by atoms with van der Waals surface area (Å²) in [4.78, 5) is 6.81. The van der Waals surface area contributed by atoms with Crippen LogP contribution < -0.4 is 4.90 Å². The van der Waals surface area contributed by atoms with Crippen molar-refractivity contribution in [1.82, 2.24) is 4.98 Å². The molecule has 1 aromatic heterocycles. The summed E-state index contributed by atoms with van der Waals surface area (Å²) < 4.78 is 1.10. The van der Waals surface area contributed by atoms with E-state index in [2.05, 4.69) is 38.8 Å². The van der Waals surface area contributed by atoms with Crippen LogP contribution in [0.4, 0.5) is 5.82 Å². The maximum absolute atomic E-state index is 4.44. The summed E-state index contributed by atoms with van der Waals surface area (Å²) in [6, 6.07) is 4.02. The molecule has 1 aromatic rings. The third kappa shape index (κ3) is 2.51. The molecule has 3 heteroatoms. The Labute approximate surface area is 99.8 Å². The second kappa shape index (κ2) is 4.97. The zero-order valence-corrected chi connectivity index (χ0v) is 10.7. The standard InChI is InChI=1S/C12H17BrN2/c1-2-15(9-10-5-3-6-10)12-11(13)7-4-8-14-12/h4,7-8,10H,2-3,5-6,9H2,1H3. The maximum atomic E-state index is 4.44. The Hall–Kier alpha value is -0.570. The van der Waals surface area contributed by atoms with E-state index < -0.39 is 0 Å². The summed E-state index contributed by atoms with van der Waals surface area (Å²) in [5.41, 5.74) is 0. The van der Waals surface area contributed by atoms with Crippen LogP contribution in [0.5, 0.6) is 0 Å². The second-order valence-electron chi connectivity index (χ2n) is 4.14. The topological polar surface area (TPSA) is 16.1 Å². The van der Waals surface area contributed by atoms with Crippen molar-refractivity contribution in [3.8, 4) is 0 Å². The Morgan fingerprint density at radius 1 is 1.53 bits per heavy atom. The van der Waals surface area contributed by atoms with Crippen molar-refractivity contribution in [1.29, 1.82) is 0 Å². The van der Waals surface area contributed by atoms with E-state index in [0.29, 0.717) is 0 Å². The third-order valence-corrected chi connectivity index (χ3v) is 3.74. The molecule has 0 amide bonds. The van der Waals surface area contributed by atoms with Gasteiger partial charge in [0.2, 0.25) is 0 Å². The predicted molar refractivity (Wildman–Crippen MR) is 67.2 cm³/mol. The van der Waals surface area contributed by atoms with Crippen LogP contribution >= 0.6 is 15.9 Å². The number of rotatable bonds is 4. The fourth-order valence-electron chi connectivity index (χ4n) is 1.96. The molecule has 0 N–H and O–H groups in total. The first-order valence-electron chi connectivity index (χ1n) is 5.66. The molecule has 1 aliphatic rings. The Balaban J connectivity index is 2.07. The highest BCUT2D eigenvalue weighted by molar-refractivity contribution is 9.10. The fraction of sp³-hybridized carbons (Fsp3) is 0.583. The van der Waals surface area contributed by atoms with Crippen molar-refractivity contribution in [2.45, 2.75) is 26.2 Å². The lowest BCUT2D eigenvalue weighted by Gasteiger charge is -2.32. The van der Waals surface area contributed by atoms with Gasteiger partial charge in [0.15, 0.2) is 0 Å². The van der Waals surface area contributed by atoms with Crippen molar-refractivity contribution in [3.63, 3.8) is 0 Å². The molecule has 0 aromatic carbocycles. The van der Waals surface area contributed by atoms with Gasteiger partial charge < -0.3 is 4.90 Å². The summed E-state index contributed by atoms with van der Waals surface area (Å²) in [5.74, 6) is 1.98. The number of hydrogen-bond acceptors (Lipinski definition) is 2. The first-order chi connectivity index (χ1) is 7.31. The molecule has 1 heterocycles. The molecule has 15 heavy (non-hydrogen) atoms. The molecule has 1 aliphatic carbocycles. The van der Waals surface area contributed by atoms with Gasteiger partial charge in [0, 0.05) is 19.3 Å². The average molecular weight is 269 g/mol. The summed E-state index contributed by atoms with van der Waals surface area (Å²) in [6.45, 7) is 4.39. The van der Waals surface area contributed by atoms with Crippen LogP contribution in [0, 0.1) is 5.92 Å². The minimum atomic E-state index is 0.888. The van der Waals surface area contributed by atoms with E-state index >= 15 is 0 Å². The van der Waals surface area contributed by atoms with E-state index in [0.717, 1.165) is 29.3 Å². The quantitative estimate of drug-likeness (QED) is 0.832. The Kier molecular flexibility index (Phi) is 3.62. The van der Waals surface area contributed by atoms with Gasteiger partial charge in [-0.2, -0.15) is 0 Å². The Morgan fingerprint density at radius 2 is 2.33 bits per heavy atom. The summed E-state index contributed by atoms with van der Waals surface area (Å²) in [5, 5.41) is 0. The molecule has 0 spiro atoms. The lowest BCUT2D eigenvalue weighted by atomic mass is 9.85. The smallest absolute Gasteiger partial charge is 0.142 e. The first kappa shape index (κ1) is 10.9. The zero-order chi connectivity index (χ0) is 10.7. The monoisotopic (exact) mass is 268 g/mol. The van der Waals surface area contributed by atoms with Crippen LogP contribution in [0.3, 0.4) is 0 Å². The second-order valence-corrected chi connectivity index (χ2v) is 5.00. The van der Waals surface area contributed by atoms with Crippen molar-refractivity contribution in [2.24, 2.45) is 5.92 Å². The number of aromatic nitrogens is 1. The highest BCUT2D eigenvalue weighted by atomic mass is 79.9. The van der Waals surface area contributed by atoms with E-state index in [1.54, 1.807) is 0 Å². The van der Waals surface area contributed by atoms with Crippen LogP contribution in [-0.4, -0.2) is 18.1 Å². The molecule has 0 unspecified atom stereocenters. The molecule has 0 radical (unpaired) electrons. The molecule has 0 aliphatic heterocycles. The van der Waals surface area contributed by atoms with Crippen LogP contribution in [0.1, 0.15) is 26.2 Å². The lowest BCUT2D eigenvalue weighted by Crippen LogP contribution is -2.33. The van der Waals surface area contributed by atoms with Crippen LogP contribution in [0.15, 0.2) is 22.8 Å². The summed E-state index contributed by atoms with van der Waals surface area (Å²) in [6.07, 6.45) is 6.05. The van der Waals surface area contributed by atoms with Crippen LogP contribution in [-0.2, 0) is 0 Å². The molecule has 0 saturated heterocycles. The predicted octanol–water partition coefficient (Wildman–Crippen LogP) is 3.47. The maximum Gasteiger partial charge on any atom is 0.142 e. The van der Waals surface area contributed by atoms with Crippen molar-refractivity contribution < 1.29 is 0 Å². The molecule has 0 bridgehead atoms. The molecule has 2 nitrogen and oxygen atoms in total. The highest BCUT2D eigenvalue weighted by Crippen LogP contribution is 2.30. The molecule has 0 atom stereocenters. The molecule has 1 fully saturated rings. The number of nitrogens with zero attached hydrogens (tertiary/aromatic N) is 2. The van der Waals surface area contributed by atoms with E-state index in [-0.39, 0.29) is 0 Å². The normalized spacial score (nSPS) is 16.1. The minimum absolute atomic E-state index is 0.888. The van der Waals surface area contributed by atoms with Crippen molar-refractivity contribution in [2.75, 3.05) is 18.0 Å². The number of hydrogen-bond donors (Lipinski definition) is 0. The number of pyridine rings is 1. The van der Waals surface area contributed by atoms with E-state index in [1.165, 1.54) is 19.3 Å². The van der Waals surface area contributed by atoms with Gasteiger partial charge in [-0.15, -0.1) is 0 Å². The van der Waals surface area contributed by atoms with Gasteiger partial charge in [-0.25, -0.2) is 4.98 Å². The Bertz CT molecular complexity index is 323. The fourth-order valence-corrected chi connectivity index (χ4v) is 2.47. The van der Waals surface area contributed by atoms with E-state index in [9.17, 15) is 0 Å². The van der Waals surface area contributed by atoms with Gasteiger partial charge in [0.05, 0.1) is 4.47 Å². The van der Waals surface area contributed by atoms with Crippen molar-refractivity contribution in [3.05, 3.63) is 22.8 Å².